The largest absolute Gasteiger partial charge is 0.465 e. The molecular weight excluding hydrogens is 241 g/mol. The smallest absolute Gasteiger partial charge is 0.339 e. The fourth-order valence-corrected chi connectivity index (χ4v) is 1.19. The number of methoxy groups -OCH3 is 1. The summed E-state index contributed by atoms with van der Waals surface area (Å²) < 4.78 is 17.5. The molecule has 0 saturated heterocycles. The number of ether oxygens (including phenoxy) is 1. The molecule has 0 unspecified atom stereocenters. The molecule has 0 atom stereocenters. The Balaban J connectivity index is 3.23. The number of aryl methyl sites for hydroxylation is 1. The van der Waals surface area contributed by atoms with E-state index in [0.29, 0.717) is 5.69 Å². The Morgan fingerprint density at radius 3 is 2.85 bits per heavy atom. The predicted octanol–water partition coefficient (Wildman–Crippen LogP) is 2.08. The minimum absolute atomic E-state index is 0.151. The van der Waals surface area contributed by atoms with Gasteiger partial charge < -0.3 is 4.74 Å². The van der Waals surface area contributed by atoms with Crippen LogP contribution in [0.3, 0.4) is 0 Å². The first-order valence-corrected chi connectivity index (χ1v) is 4.26. The van der Waals surface area contributed by atoms with Crippen molar-refractivity contribution in [3.8, 4) is 0 Å². The molecule has 0 fully saturated rings. The lowest BCUT2D eigenvalue weighted by Crippen LogP contribution is -2.06. The van der Waals surface area contributed by atoms with E-state index < -0.39 is 11.9 Å². The van der Waals surface area contributed by atoms with Gasteiger partial charge in [-0.25, -0.2) is 9.78 Å². The first kappa shape index (κ1) is 10.1. The standard InChI is InChI=1S/C8H7BrFNO2/c1-4-5(8(12)13-2)3-6(9)7(10)11-4/h3H,1-2H3. The molecule has 1 aromatic rings. The average Bonchev–Trinajstić information content (AvgIpc) is 2.10. The molecule has 0 aliphatic rings. The van der Waals surface area contributed by atoms with Gasteiger partial charge in [0, 0.05) is 0 Å². The first-order valence-electron chi connectivity index (χ1n) is 3.47. The monoisotopic (exact) mass is 247 g/mol. The highest BCUT2D eigenvalue weighted by molar-refractivity contribution is 9.10. The van der Waals surface area contributed by atoms with Gasteiger partial charge in [-0.1, -0.05) is 0 Å². The van der Waals surface area contributed by atoms with Crippen molar-refractivity contribution < 1.29 is 13.9 Å². The van der Waals surface area contributed by atoms with Crippen LogP contribution in [0.25, 0.3) is 0 Å². The van der Waals surface area contributed by atoms with Crippen molar-refractivity contribution in [1.29, 1.82) is 0 Å². The molecule has 0 spiro atoms. The summed E-state index contributed by atoms with van der Waals surface area (Å²) in [5.74, 6) is -1.16. The topological polar surface area (TPSA) is 39.2 Å². The Hall–Kier alpha value is -0.970. The molecule has 5 heteroatoms. The van der Waals surface area contributed by atoms with Crippen LogP contribution in [-0.2, 0) is 4.74 Å². The van der Waals surface area contributed by atoms with Gasteiger partial charge in [0.15, 0.2) is 0 Å². The molecule has 0 aliphatic carbocycles. The van der Waals surface area contributed by atoms with Gasteiger partial charge in [0.25, 0.3) is 0 Å². The fourth-order valence-electron chi connectivity index (χ4n) is 0.868. The number of aromatic nitrogens is 1. The summed E-state index contributed by atoms with van der Waals surface area (Å²) in [6.07, 6.45) is 0. The zero-order chi connectivity index (χ0) is 10.0. The normalized spacial score (nSPS) is 9.85. The zero-order valence-electron chi connectivity index (χ0n) is 7.10. The molecule has 0 aromatic carbocycles. The molecule has 13 heavy (non-hydrogen) atoms. The summed E-state index contributed by atoms with van der Waals surface area (Å²) in [5.41, 5.74) is 0.573. The quantitative estimate of drug-likeness (QED) is 0.564. The number of halogens is 2. The molecule has 0 saturated carbocycles. The average molecular weight is 248 g/mol. The number of rotatable bonds is 1. The summed E-state index contributed by atoms with van der Waals surface area (Å²) in [6, 6.07) is 1.35. The Kier molecular flexibility index (Phi) is 2.98. The van der Waals surface area contributed by atoms with Gasteiger partial charge in [-0.3, -0.25) is 0 Å². The van der Waals surface area contributed by atoms with Gasteiger partial charge in [-0.15, -0.1) is 0 Å². The molecule has 0 aliphatic heterocycles. The second kappa shape index (κ2) is 3.83. The Bertz CT molecular complexity index is 354. The highest BCUT2D eigenvalue weighted by atomic mass is 79.9. The third-order valence-electron chi connectivity index (χ3n) is 1.53. The fraction of sp³-hybridized carbons (Fsp3) is 0.250. The number of hydrogen-bond donors (Lipinski definition) is 0. The Morgan fingerprint density at radius 2 is 2.31 bits per heavy atom. The SMILES string of the molecule is COC(=O)c1cc(Br)c(F)nc1C. The van der Waals surface area contributed by atoms with Crippen molar-refractivity contribution in [2.45, 2.75) is 6.92 Å². The number of nitrogens with zero attached hydrogens (tertiary/aromatic N) is 1. The molecule has 0 radical (unpaired) electrons. The van der Waals surface area contributed by atoms with Gasteiger partial charge >= 0.3 is 5.97 Å². The van der Waals surface area contributed by atoms with E-state index in [1.54, 1.807) is 6.92 Å². The van der Waals surface area contributed by atoms with Crippen LogP contribution in [0.2, 0.25) is 0 Å². The van der Waals surface area contributed by atoms with Gasteiger partial charge in [-0.2, -0.15) is 4.39 Å². The predicted molar refractivity (Wildman–Crippen MR) is 48.0 cm³/mol. The van der Waals surface area contributed by atoms with Crippen LogP contribution in [0.15, 0.2) is 10.5 Å². The first-order chi connectivity index (χ1) is 6.06. The summed E-state index contributed by atoms with van der Waals surface area (Å²) in [6.45, 7) is 1.54. The van der Waals surface area contributed by atoms with Crippen molar-refractivity contribution in [1.82, 2.24) is 4.98 Å². The number of hydrogen-bond acceptors (Lipinski definition) is 3. The van der Waals surface area contributed by atoms with E-state index in [-0.39, 0.29) is 10.0 Å². The third-order valence-corrected chi connectivity index (χ3v) is 2.09. The van der Waals surface area contributed by atoms with Gasteiger partial charge in [0.1, 0.15) is 0 Å². The van der Waals surface area contributed by atoms with E-state index in [1.807, 2.05) is 0 Å². The molecule has 0 N–H and O–H groups in total. The third kappa shape index (κ3) is 2.03. The van der Waals surface area contributed by atoms with Crippen LogP contribution >= 0.6 is 15.9 Å². The maximum absolute atomic E-state index is 12.8. The highest BCUT2D eigenvalue weighted by Gasteiger charge is 2.13. The minimum Gasteiger partial charge on any atom is -0.465 e. The van der Waals surface area contributed by atoms with Crippen LogP contribution in [0.1, 0.15) is 16.1 Å². The number of esters is 1. The summed E-state index contributed by atoms with van der Waals surface area (Å²) >= 11 is 2.93. The number of carbonyl (C=O) groups excluding carboxylic acids is 1. The van der Waals surface area contributed by atoms with Crippen molar-refractivity contribution in [3.63, 3.8) is 0 Å². The van der Waals surface area contributed by atoms with E-state index in [4.69, 9.17) is 0 Å². The van der Waals surface area contributed by atoms with Gasteiger partial charge in [-0.05, 0) is 28.9 Å². The van der Waals surface area contributed by atoms with E-state index in [2.05, 4.69) is 25.7 Å². The Morgan fingerprint density at radius 1 is 1.69 bits per heavy atom. The maximum atomic E-state index is 12.8. The lowest BCUT2D eigenvalue weighted by molar-refractivity contribution is 0.0599. The molecule has 1 aromatic heterocycles. The van der Waals surface area contributed by atoms with E-state index in [1.165, 1.54) is 13.2 Å². The summed E-state index contributed by atoms with van der Waals surface area (Å²) in [4.78, 5) is 14.6. The number of carbonyl (C=O) groups is 1. The van der Waals surface area contributed by atoms with E-state index >= 15 is 0 Å². The minimum atomic E-state index is -0.634. The summed E-state index contributed by atoms with van der Waals surface area (Å²) in [5, 5.41) is 0. The Labute approximate surface area is 83.1 Å². The molecule has 0 bridgehead atoms. The molecule has 3 nitrogen and oxygen atoms in total. The van der Waals surface area contributed by atoms with E-state index in [9.17, 15) is 9.18 Å². The van der Waals surface area contributed by atoms with Crippen LogP contribution in [0.5, 0.6) is 0 Å². The lowest BCUT2D eigenvalue weighted by atomic mass is 10.2. The lowest BCUT2D eigenvalue weighted by Gasteiger charge is -2.03. The zero-order valence-corrected chi connectivity index (χ0v) is 8.68. The summed E-state index contributed by atoms with van der Waals surface area (Å²) in [7, 11) is 1.26. The highest BCUT2D eigenvalue weighted by Crippen LogP contribution is 2.17. The molecule has 1 heterocycles. The van der Waals surface area contributed by atoms with Gasteiger partial charge in [0.05, 0.1) is 22.8 Å². The molecular formula is C8H7BrFNO2. The van der Waals surface area contributed by atoms with Crippen molar-refractivity contribution in [2.75, 3.05) is 7.11 Å². The van der Waals surface area contributed by atoms with Crippen LogP contribution in [0.4, 0.5) is 4.39 Å². The van der Waals surface area contributed by atoms with Crippen LogP contribution in [0, 0.1) is 12.9 Å². The van der Waals surface area contributed by atoms with Crippen molar-refractivity contribution in [3.05, 3.63) is 27.7 Å². The van der Waals surface area contributed by atoms with Crippen LogP contribution < -0.4 is 0 Å². The molecule has 0 amide bonds. The van der Waals surface area contributed by atoms with E-state index in [0.717, 1.165) is 0 Å². The van der Waals surface area contributed by atoms with Crippen molar-refractivity contribution >= 4 is 21.9 Å². The molecule has 70 valence electrons. The number of pyridine rings is 1. The molecule has 1 rings (SSSR count). The van der Waals surface area contributed by atoms with Crippen LogP contribution in [-0.4, -0.2) is 18.1 Å². The van der Waals surface area contributed by atoms with Gasteiger partial charge in [0.2, 0.25) is 5.95 Å². The second-order valence-electron chi connectivity index (χ2n) is 2.39. The second-order valence-corrected chi connectivity index (χ2v) is 3.24. The van der Waals surface area contributed by atoms with Crippen molar-refractivity contribution in [2.24, 2.45) is 0 Å². The maximum Gasteiger partial charge on any atom is 0.339 e.